The van der Waals surface area contributed by atoms with Gasteiger partial charge in [-0.3, -0.25) is 4.90 Å². The lowest BCUT2D eigenvalue weighted by Crippen LogP contribution is -2.17. The van der Waals surface area contributed by atoms with Crippen molar-refractivity contribution in [3.63, 3.8) is 0 Å². The first-order valence-electron chi connectivity index (χ1n) is 7.00. The van der Waals surface area contributed by atoms with E-state index in [9.17, 15) is 0 Å². The molecule has 0 bridgehead atoms. The van der Waals surface area contributed by atoms with E-state index in [4.69, 9.17) is 16.0 Å². The van der Waals surface area contributed by atoms with Crippen molar-refractivity contribution in [2.24, 2.45) is 0 Å². The van der Waals surface area contributed by atoms with Gasteiger partial charge in [0.25, 0.3) is 0 Å². The quantitative estimate of drug-likeness (QED) is 0.494. The highest BCUT2D eigenvalue weighted by Gasteiger charge is 2.10. The van der Waals surface area contributed by atoms with Crippen LogP contribution < -0.4 is 0 Å². The molecule has 3 aromatic rings. The van der Waals surface area contributed by atoms with Gasteiger partial charge in [0, 0.05) is 22.4 Å². The van der Waals surface area contributed by atoms with Crippen molar-refractivity contribution < 1.29 is 4.42 Å². The molecule has 2 heterocycles. The van der Waals surface area contributed by atoms with Crippen LogP contribution in [0.25, 0.3) is 10.9 Å². The summed E-state index contributed by atoms with van der Waals surface area (Å²) in [7, 11) is 2.04. The van der Waals surface area contributed by atoms with Gasteiger partial charge in [-0.2, -0.15) is 0 Å². The van der Waals surface area contributed by atoms with Gasteiger partial charge in [-0.15, -0.1) is 11.8 Å². The maximum Gasteiger partial charge on any atom is 0.134 e. The molecule has 0 unspecified atom stereocenters. The first-order chi connectivity index (χ1) is 10.7. The zero-order valence-corrected chi connectivity index (χ0v) is 14.1. The minimum atomic E-state index is 0.567. The molecule has 1 aromatic carbocycles. The van der Waals surface area contributed by atoms with Crippen LogP contribution >= 0.6 is 23.4 Å². The zero-order valence-electron chi connectivity index (χ0n) is 12.5. The highest BCUT2D eigenvalue weighted by Crippen LogP contribution is 2.25. The number of thioether (sulfide) groups is 1. The lowest BCUT2D eigenvalue weighted by Gasteiger charge is -2.16. The van der Waals surface area contributed by atoms with Crippen molar-refractivity contribution in [3.05, 3.63) is 59.1 Å². The maximum absolute atomic E-state index is 6.36. The summed E-state index contributed by atoms with van der Waals surface area (Å²) in [5.74, 6) is 0.942. The van der Waals surface area contributed by atoms with E-state index in [0.717, 1.165) is 35.3 Å². The first-order valence-corrected chi connectivity index (χ1v) is 8.60. The van der Waals surface area contributed by atoms with Gasteiger partial charge in [0.2, 0.25) is 0 Å². The van der Waals surface area contributed by atoms with E-state index in [0.29, 0.717) is 5.15 Å². The molecule has 0 aliphatic carbocycles. The standard InChI is InChI=1S/C17H17ClN2OS/c1-20(11-14-4-3-7-21-14)10-13-8-12-5-6-15(22-2)9-16(12)19-17(13)18/h3-9H,10-11H2,1-2H3. The van der Waals surface area contributed by atoms with E-state index < -0.39 is 0 Å². The second kappa shape index (κ2) is 6.73. The summed E-state index contributed by atoms with van der Waals surface area (Å²) < 4.78 is 5.38. The minimum absolute atomic E-state index is 0.567. The third kappa shape index (κ3) is 3.46. The Hall–Kier alpha value is -1.49. The Kier molecular flexibility index (Phi) is 4.71. The molecule has 3 rings (SSSR count). The Morgan fingerprint density at radius 3 is 2.82 bits per heavy atom. The largest absolute Gasteiger partial charge is 0.468 e. The van der Waals surface area contributed by atoms with Gasteiger partial charge in [-0.25, -0.2) is 4.98 Å². The molecular weight excluding hydrogens is 316 g/mol. The number of pyridine rings is 1. The van der Waals surface area contributed by atoms with E-state index in [-0.39, 0.29) is 0 Å². The van der Waals surface area contributed by atoms with Gasteiger partial charge < -0.3 is 4.42 Å². The Morgan fingerprint density at radius 1 is 1.23 bits per heavy atom. The predicted octanol–water partition coefficient (Wildman–Crippen LogP) is 4.84. The monoisotopic (exact) mass is 332 g/mol. The minimum Gasteiger partial charge on any atom is -0.468 e. The number of furan rings is 1. The van der Waals surface area contributed by atoms with Crippen molar-refractivity contribution >= 4 is 34.3 Å². The third-order valence-corrected chi connectivity index (χ3v) is 4.55. The van der Waals surface area contributed by atoms with E-state index in [1.807, 2.05) is 19.2 Å². The van der Waals surface area contributed by atoms with Crippen LogP contribution in [0.5, 0.6) is 0 Å². The molecule has 2 aromatic heterocycles. The van der Waals surface area contributed by atoms with Gasteiger partial charge >= 0.3 is 0 Å². The summed E-state index contributed by atoms with van der Waals surface area (Å²) in [6.07, 6.45) is 3.75. The van der Waals surface area contributed by atoms with Crippen LogP contribution in [0.1, 0.15) is 11.3 Å². The van der Waals surface area contributed by atoms with Crippen LogP contribution in [0.2, 0.25) is 5.15 Å². The van der Waals surface area contributed by atoms with Crippen LogP contribution in [-0.4, -0.2) is 23.2 Å². The summed E-state index contributed by atoms with van der Waals surface area (Å²) in [5.41, 5.74) is 1.97. The van der Waals surface area contributed by atoms with Crippen LogP contribution in [0.15, 0.2) is 52.0 Å². The first kappa shape index (κ1) is 15.4. The normalized spacial score (nSPS) is 11.5. The van der Waals surface area contributed by atoms with E-state index >= 15 is 0 Å². The fourth-order valence-corrected chi connectivity index (χ4v) is 3.06. The molecule has 0 atom stereocenters. The average molecular weight is 333 g/mol. The molecule has 22 heavy (non-hydrogen) atoms. The van der Waals surface area contributed by atoms with Crippen molar-refractivity contribution in [2.75, 3.05) is 13.3 Å². The highest BCUT2D eigenvalue weighted by molar-refractivity contribution is 7.98. The maximum atomic E-state index is 6.36. The van der Waals surface area contributed by atoms with Gasteiger partial charge in [0.15, 0.2) is 0 Å². The SMILES string of the molecule is CSc1ccc2cc(CN(C)Cc3ccco3)c(Cl)nc2c1. The Bertz CT molecular complexity index is 774. The molecule has 0 aliphatic heterocycles. The van der Waals surface area contributed by atoms with Gasteiger partial charge in [-0.1, -0.05) is 17.7 Å². The molecule has 0 N–H and O–H groups in total. The molecule has 0 saturated heterocycles. The molecule has 114 valence electrons. The second-order valence-corrected chi connectivity index (χ2v) is 6.49. The number of hydrogen-bond acceptors (Lipinski definition) is 4. The van der Waals surface area contributed by atoms with Crippen LogP contribution in [0, 0.1) is 0 Å². The van der Waals surface area contributed by atoms with Crippen LogP contribution in [0.3, 0.4) is 0 Å². The second-order valence-electron chi connectivity index (χ2n) is 5.25. The summed E-state index contributed by atoms with van der Waals surface area (Å²) in [4.78, 5) is 7.89. The number of benzene rings is 1. The lowest BCUT2D eigenvalue weighted by atomic mass is 10.1. The average Bonchev–Trinajstić information content (AvgIpc) is 3.00. The lowest BCUT2D eigenvalue weighted by molar-refractivity contribution is 0.288. The Labute approximate surface area is 139 Å². The molecule has 0 amide bonds. The van der Waals surface area contributed by atoms with Gasteiger partial charge in [-0.05, 0) is 43.6 Å². The molecule has 0 aliphatic rings. The van der Waals surface area contributed by atoms with Crippen molar-refractivity contribution in [1.29, 1.82) is 0 Å². The molecule has 0 radical (unpaired) electrons. The molecule has 0 fully saturated rings. The summed E-state index contributed by atoms with van der Waals surface area (Å²) in [6.45, 7) is 1.47. The van der Waals surface area contributed by atoms with E-state index in [1.165, 1.54) is 4.90 Å². The van der Waals surface area contributed by atoms with E-state index in [1.54, 1.807) is 18.0 Å². The Morgan fingerprint density at radius 2 is 2.09 bits per heavy atom. The van der Waals surface area contributed by atoms with Crippen LogP contribution in [0.4, 0.5) is 0 Å². The molecule has 3 nitrogen and oxygen atoms in total. The topological polar surface area (TPSA) is 29.3 Å². The Balaban J connectivity index is 1.82. The van der Waals surface area contributed by atoms with E-state index in [2.05, 4.69) is 40.4 Å². The molecule has 0 spiro atoms. The number of rotatable bonds is 5. The van der Waals surface area contributed by atoms with Crippen LogP contribution in [-0.2, 0) is 13.1 Å². The molecule has 5 heteroatoms. The highest BCUT2D eigenvalue weighted by atomic mass is 35.5. The third-order valence-electron chi connectivity index (χ3n) is 3.50. The number of aromatic nitrogens is 1. The smallest absolute Gasteiger partial charge is 0.134 e. The number of hydrogen-bond donors (Lipinski definition) is 0. The number of fused-ring (bicyclic) bond motifs is 1. The zero-order chi connectivity index (χ0) is 15.5. The summed E-state index contributed by atoms with van der Waals surface area (Å²) >= 11 is 8.06. The number of halogens is 1. The van der Waals surface area contributed by atoms with Crippen molar-refractivity contribution in [1.82, 2.24) is 9.88 Å². The fraction of sp³-hybridized carbons (Fsp3) is 0.235. The fourth-order valence-electron chi connectivity index (χ4n) is 2.42. The van der Waals surface area contributed by atoms with Crippen molar-refractivity contribution in [2.45, 2.75) is 18.0 Å². The molecule has 0 saturated carbocycles. The summed E-state index contributed by atoms with van der Waals surface area (Å²) in [6, 6.07) is 12.3. The summed E-state index contributed by atoms with van der Waals surface area (Å²) in [5, 5.41) is 1.68. The molecular formula is C17H17ClN2OS. The predicted molar refractivity (Wildman–Crippen MR) is 92.4 cm³/mol. The number of nitrogens with zero attached hydrogens (tertiary/aromatic N) is 2. The van der Waals surface area contributed by atoms with Crippen molar-refractivity contribution in [3.8, 4) is 0 Å². The van der Waals surface area contributed by atoms with Gasteiger partial charge in [0.1, 0.15) is 10.9 Å². The van der Waals surface area contributed by atoms with Gasteiger partial charge in [0.05, 0.1) is 18.3 Å².